The first-order valence-corrected chi connectivity index (χ1v) is 4.55. The summed E-state index contributed by atoms with van der Waals surface area (Å²) in [6, 6.07) is 0. The third-order valence-corrected chi connectivity index (χ3v) is 1.96. The predicted molar refractivity (Wildman–Crippen MR) is 49.2 cm³/mol. The zero-order valence-electron chi connectivity index (χ0n) is 8.31. The summed E-state index contributed by atoms with van der Waals surface area (Å²) in [7, 11) is 0. The van der Waals surface area contributed by atoms with Gasteiger partial charge in [-0.1, -0.05) is 34.1 Å². The molecule has 0 aromatic heterocycles. The minimum absolute atomic E-state index is 0.338. The molecular formula is C10H21O. The molecule has 1 radical (unpaired) electrons. The molecule has 0 aliphatic rings. The summed E-state index contributed by atoms with van der Waals surface area (Å²) < 4.78 is 5.40. The van der Waals surface area contributed by atoms with Gasteiger partial charge < -0.3 is 4.74 Å². The molecule has 0 N–H and O–H groups in total. The first-order valence-electron chi connectivity index (χ1n) is 4.55. The minimum Gasteiger partial charge on any atom is -0.375 e. The topological polar surface area (TPSA) is 9.23 Å². The molecule has 0 saturated heterocycles. The van der Waals surface area contributed by atoms with Crippen molar-refractivity contribution in [3.8, 4) is 0 Å². The maximum absolute atomic E-state index is 5.40. The molecule has 0 heterocycles. The summed E-state index contributed by atoms with van der Waals surface area (Å²) in [5, 5.41) is 0. The monoisotopic (exact) mass is 157 g/mol. The molecule has 0 aromatic rings. The molecule has 0 amide bonds. The maximum atomic E-state index is 5.40. The molecule has 0 saturated carbocycles. The molecule has 0 atom stereocenters. The van der Waals surface area contributed by atoms with Crippen molar-refractivity contribution in [1.29, 1.82) is 0 Å². The second-order valence-corrected chi connectivity index (χ2v) is 3.78. The molecule has 0 aliphatic carbocycles. The number of unbranched alkanes of at least 4 members (excludes halogenated alkanes) is 1. The fourth-order valence-electron chi connectivity index (χ4n) is 0.588. The second kappa shape index (κ2) is 5.59. The first-order chi connectivity index (χ1) is 5.12. The summed E-state index contributed by atoms with van der Waals surface area (Å²) in [5.74, 6) is 0. The highest BCUT2D eigenvalue weighted by Crippen LogP contribution is 2.20. The first kappa shape index (κ1) is 11.0. The molecule has 67 valence electrons. The Morgan fingerprint density at radius 1 is 1.27 bits per heavy atom. The van der Waals surface area contributed by atoms with Gasteiger partial charge in [0.05, 0.1) is 13.2 Å². The smallest absolute Gasteiger partial charge is 0.0836 e. The van der Waals surface area contributed by atoms with E-state index in [0.717, 1.165) is 13.0 Å². The minimum atomic E-state index is 0.338. The second-order valence-electron chi connectivity index (χ2n) is 3.78. The normalized spacial score (nSPS) is 12.0. The van der Waals surface area contributed by atoms with Crippen molar-refractivity contribution >= 4 is 0 Å². The number of rotatable bonds is 6. The zero-order chi connectivity index (χ0) is 8.74. The van der Waals surface area contributed by atoms with E-state index < -0.39 is 0 Å². The third kappa shape index (κ3) is 6.36. The van der Waals surface area contributed by atoms with Gasteiger partial charge in [-0.15, -0.1) is 0 Å². The van der Waals surface area contributed by atoms with Crippen LogP contribution in [0.4, 0.5) is 0 Å². The van der Waals surface area contributed by atoms with E-state index in [1.165, 1.54) is 12.8 Å². The van der Waals surface area contributed by atoms with E-state index in [9.17, 15) is 0 Å². The van der Waals surface area contributed by atoms with Crippen LogP contribution in [0.1, 0.15) is 47.0 Å². The molecule has 0 aliphatic heterocycles. The summed E-state index contributed by atoms with van der Waals surface area (Å²) in [6.07, 6.45) is 3.42. The van der Waals surface area contributed by atoms with Gasteiger partial charge in [0, 0.05) is 0 Å². The predicted octanol–water partition coefficient (Wildman–Crippen LogP) is 3.40. The Morgan fingerprint density at radius 3 is 2.36 bits per heavy atom. The molecule has 0 fully saturated rings. The van der Waals surface area contributed by atoms with Gasteiger partial charge >= 0.3 is 0 Å². The van der Waals surface area contributed by atoms with Crippen LogP contribution in [0.5, 0.6) is 0 Å². The lowest BCUT2D eigenvalue weighted by Gasteiger charge is -2.21. The average molecular weight is 157 g/mol. The molecule has 1 heteroatoms. The van der Waals surface area contributed by atoms with E-state index in [0.29, 0.717) is 5.41 Å². The van der Waals surface area contributed by atoms with Gasteiger partial charge in [-0.2, -0.15) is 0 Å². The Labute approximate surface area is 71.1 Å². The van der Waals surface area contributed by atoms with Crippen molar-refractivity contribution in [1.82, 2.24) is 0 Å². The highest BCUT2D eigenvalue weighted by Gasteiger charge is 2.14. The van der Waals surface area contributed by atoms with Crippen molar-refractivity contribution in [3.05, 3.63) is 6.61 Å². The third-order valence-electron chi connectivity index (χ3n) is 1.96. The van der Waals surface area contributed by atoms with Crippen LogP contribution in [0.15, 0.2) is 0 Å². The van der Waals surface area contributed by atoms with Crippen LogP contribution in [0.25, 0.3) is 0 Å². The largest absolute Gasteiger partial charge is 0.375 e. The van der Waals surface area contributed by atoms with E-state index in [1.54, 1.807) is 0 Å². The average Bonchev–Trinajstić information content (AvgIpc) is 1.99. The van der Waals surface area contributed by atoms with Gasteiger partial charge in [-0.25, -0.2) is 0 Å². The van der Waals surface area contributed by atoms with E-state index in [1.807, 2.05) is 6.61 Å². The molecule has 0 rings (SSSR count). The Kier molecular flexibility index (Phi) is 5.57. The van der Waals surface area contributed by atoms with Crippen LogP contribution in [0, 0.1) is 12.0 Å². The highest BCUT2D eigenvalue weighted by molar-refractivity contribution is 4.65. The molecule has 0 aromatic carbocycles. The SMILES string of the molecule is CCC[CH]OCC(C)(C)CC. The highest BCUT2D eigenvalue weighted by atomic mass is 16.5. The van der Waals surface area contributed by atoms with E-state index in [2.05, 4.69) is 27.7 Å². The van der Waals surface area contributed by atoms with Crippen molar-refractivity contribution < 1.29 is 4.74 Å². The number of ether oxygens (including phenoxy) is 1. The van der Waals surface area contributed by atoms with Crippen LogP contribution in [-0.4, -0.2) is 6.61 Å². The quantitative estimate of drug-likeness (QED) is 0.537. The molecule has 0 unspecified atom stereocenters. The Morgan fingerprint density at radius 2 is 1.91 bits per heavy atom. The summed E-state index contributed by atoms with van der Waals surface area (Å²) in [6.45, 7) is 11.6. The van der Waals surface area contributed by atoms with Gasteiger partial charge in [-0.3, -0.25) is 0 Å². The summed E-state index contributed by atoms with van der Waals surface area (Å²) in [4.78, 5) is 0. The Bertz CT molecular complexity index is 86.9. The Hall–Kier alpha value is -0.0400. The van der Waals surface area contributed by atoms with Crippen LogP contribution < -0.4 is 0 Å². The zero-order valence-corrected chi connectivity index (χ0v) is 8.31. The molecule has 0 bridgehead atoms. The molecule has 1 nitrogen and oxygen atoms in total. The van der Waals surface area contributed by atoms with Crippen LogP contribution in [-0.2, 0) is 4.74 Å². The van der Waals surface area contributed by atoms with Crippen molar-refractivity contribution in [2.75, 3.05) is 6.61 Å². The molecule has 0 spiro atoms. The van der Waals surface area contributed by atoms with Crippen molar-refractivity contribution in [3.63, 3.8) is 0 Å². The van der Waals surface area contributed by atoms with Crippen LogP contribution in [0.2, 0.25) is 0 Å². The van der Waals surface area contributed by atoms with Gasteiger partial charge in [0.15, 0.2) is 0 Å². The standard InChI is InChI=1S/C10H21O/c1-5-7-8-11-9-10(3,4)6-2/h8H,5-7,9H2,1-4H3. The van der Waals surface area contributed by atoms with Crippen LogP contribution in [0.3, 0.4) is 0 Å². The maximum Gasteiger partial charge on any atom is 0.0836 e. The summed E-state index contributed by atoms with van der Waals surface area (Å²) >= 11 is 0. The Balaban J connectivity index is 3.23. The molecule has 11 heavy (non-hydrogen) atoms. The fraction of sp³-hybridized carbons (Fsp3) is 0.900. The summed E-state index contributed by atoms with van der Waals surface area (Å²) in [5.41, 5.74) is 0.338. The van der Waals surface area contributed by atoms with Gasteiger partial charge in [-0.05, 0) is 18.3 Å². The van der Waals surface area contributed by atoms with Crippen molar-refractivity contribution in [2.24, 2.45) is 5.41 Å². The lowest BCUT2D eigenvalue weighted by Crippen LogP contribution is -2.17. The fourth-order valence-corrected chi connectivity index (χ4v) is 0.588. The van der Waals surface area contributed by atoms with Crippen LogP contribution >= 0.6 is 0 Å². The lowest BCUT2D eigenvalue weighted by atomic mass is 9.92. The van der Waals surface area contributed by atoms with E-state index in [-0.39, 0.29) is 0 Å². The molecular weight excluding hydrogens is 136 g/mol. The van der Waals surface area contributed by atoms with Crippen molar-refractivity contribution in [2.45, 2.75) is 47.0 Å². The van der Waals surface area contributed by atoms with E-state index in [4.69, 9.17) is 4.74 Å². The van der Waals surface area contributed by atoms with Gasteiger partial charge in [0.25, 0.3) is 0 Å². The lowest BCUT2D eigenvalue weighted by molar-refractivity contribution is 0.0994. The van der Waals surface area contributed by atoms with Gasteiger partial charge in [0.2, 0.25) is 0 Å². The van der Waals surface area contributed by atoms with Gasteiger partial charge in [0.1, 0.15) is 0 Å². The number of hydrogen-bond acceptors (Lipinski definition) is 1. The number of hydrogen-bond donors (Lipinski definition) is 0. The van der Waals surface area contributed by atoms with E-state index >= 15 is 0 Å².